The number of rotatable bonds is 7. The zero-order chi connectivity index (χ0) is 22.5. The van der Waals surface area contributed by atoms with Crippen molar-refractivity contribution < 1.29 is 9.59 Å². The molecule has 1 aromatic heterocycles. The molecule has 2 amide bonds. The molecule has 32 heavy (non-hydrogen) atoms. The molecule has 1 aliphatic rings. The van der Waals surface area contributed by atoms with Gasteiger partial charge >= 0.3 is 0 Å². The first-order chi connectivity index (χ1) is 15.5. The van der Waals surface area contributed by atoms with Crippen LogP contribution in [0.2, 0.25) is 0 Å². The quantitative estimate of drug-likeness (QED) is 0.617. The van der Waals surface area contributed by atoms with Crippen LogP contribution in [0.4, 0.5) is 5.69 Å². The first kappa shape index (κ1) is 22.0. The molecule has 0 unspecified atom stereocenters. The third kappa shape index (κ3) is 4.99. The summed E-state index contributed by atoms with van der Waals surface area (Å²) in [7, 11) is 2.03. The minimum atomic E-state index is 0.0466. The summed E-state index contributed by atoms with van der Waals surface area (Å²) in [5.74, 6) is 1.13. The topological polar surface area (TPSA) is 70.5 Å². The van der Waals surface area contributed by atoms with Gasteiger partial charge in [0, 0.05) is 50.9 Å². The number of nitrogens with zero attached hydrogens (tertiary/aromatic N) is 4. The fraction of sp³-hybridized carbons (Fsp3) is 0.400. The van der Waals surface area contributed by atoms with Gasteiger partial charge in [0.15, 0.2) is 0 Å². The zero-order valence-electron chi connectivity index (χ0n) is 18.9. The molecule has 4 rings (SSSR count). The Morgan fingerprint density at radius 1 is 1.03 bits per heavy atom. The lowest BCUT2D eigenvalue weighted by atomic mass is 10.2. The summed E-state index contributed by atoms with van der Waals surface area (Å²) in [6, 6.07) is 15.4. The maximum Gasteiger partial charge on any atom is 0.253 e. The van der Waals surface area contributed by atoms with E-state index in [1.165, 1.54) is 0 Å². The molecule has 3 aromatic rings. The van der Waals surface area contributed by atoms with Gasteiger partial charge in [0.25, 0.3) is 5.91 Å². The molecule has 0 bridgehead atoms. The van der Waals surface area contributed by atoms with Gasteiger partial charge in [-0.3, -0.25) is 14.5 Å². The van der Waals surface area contributed by atoms with E-state index in [4.69, 9.17) is 4.98 Å². The smallest absolute Gasteiger partial charge is 0.253 e. The van der Waals surface area contributed by atoms with Crippen LogP contribution in [0.1, 0.15) is 42.4 Å². The fourth-order valence-corrected chi connectivity index (χ4v) is 4.10. The van der Waals surface area contributed by atoms with Crippen LogP contribution in [0.25, 0.3) is 11.0 Å². The highest BCUT2D eigenvalue weighted by Gasteiger charge is 2.23. The lowest BCUT2D eigenvalue weighted by Gasteiger charge is -2.34. The third-order valence-corrected chi connectivity index (χ3v) is 6.06. The molecule has 1 N–H and O–H groups in total. The standard InChI is InChI=1S/C25H31N5O2/c1-3-4-10-24(31)26-20-11-12-22-21(17-20)27-23(28(22)2)18-29-13-15-30(16-14-29)25(32)19-8-6-5-7-9-19/h5-9,11-12,17H,3-4,10,13-16,18H2,1-2H3,(H,26,31). The number of anilines is 1. The maximum absolute atomic E-state index is 12.7. The molecule has 168 valence electrons. The van der Waals surface area contributed by atoms with E-state index in [9.17, 15) is 9.59 Å². The van der Waals surface area contributed by atoms with Crippen LogP contribution in [0, 0.1) is 0 Å². The van der Waals surface area contributed by atoms with Gasteiger partial charge in [0.1, 0.15) is 5.82 Å². The van der Waals surface area contributed by atoms with Crippen molar-refractivity contribution in [1.29, 1.82) is 0 Å². The van der Waals surface area contributed by atoms with Crippen molar-refractivity contribution >= 4 is 28.5 Å². The number of aryl methyl sites for hydroxylation is 1. The monoisotopic (exact) mass is 433 g/mol. The molecule has 1 aliphatic heterocycles. The van der Waals surface area contributed by atoms with Gasteiger partial charge < -0.3 is 14.8 Å². The van der Waals surface area contributed by atoms with Gasteiger partial charge in [0.05, 0.1) is 17.6 Å². The zero-order valence-corrected chi connectivity index (χ0v) is 18.9. The minimum Gasteiger partial charge on any atom is -0.336 e. The lowest BCUT2D eigenvalue weighted by molar-refractivity contribution is -0.116. The number of hydrogen-bond donors (Lipinski definition) is 1. The van der Waals surface area contributed by atoms with Crippen LogP contribution >= 0.6 is 0 Å². The lowest BCUT2D eigenvalue weighted by Crippen LogP contribution is -2.48. The Kier molecular flexibility index (Phi) is 6.85. The molecule has 0 saturated carbocycles. The van der Waals surface area contributed by atoms with Crippen LogP contribution in [0.5, 0.6) is 0 Å². The number of piperazine rings is 1. The van der Waals surface area contributed by atoms with Crippen molar-refractivity contribution in [2.75, 3.05) is 31.5 Å². The molecular weight excluding hydrogens is 402 g/mol. The number of benzene rings is 2. The van der Waals surface area contributed by atoms with Crippen LogP contribution < -0.4 is 5.32 Å². The largest absolute Gasteiger partial charge is 0.336 e. The Labute approximate surface area is 189 Å². The highest BCUT2D eigenvalue weighted by molar-refractivity contribution is 5.94. The third-order valence-electron chi connectivity index (χ3n) is 6.06. The van der Waals surface area contributed by atoms with E-state index < -0.39 is 0 Å². The van der Waals surface area contributed by atoms with Gasteiger partial charge in [-0.1, -0.05) is 31.5 Å². The number of unbranched alkanes of at least 4 members (excludes halogenated alkanes) is 1. The Bertz CT molecular complexity index is 1080. The van der Waals surface area contributed by atoms with E-state index in [0.717, 1.165) is 60.6 Å². The summed E-state index contributed by atoms with van der Waals surface area (Å²) in [5, 5.41) is 2.97. The molecule has 1 fully saturated rings. The number of amides is 2. The molecule has 0 spiro atoms. The molecule has 0 atom stereocenters. The summed E-state index contributed by atoms with van der Waals surface area (Å²) in [4.78, 5) is 33.8. The van der Waals surface area contributed by atoms with Gasteiger partial charge in [-0.25, -0.2) is 4.98 Å². The molecule has 1 saturated heterocycles. The Morgan fingerprint density at radius 3 is 2.50 bits per heavy atom. The molecule has 0 aliphatic carbocycles. The number of nitrogens with one attached hydrogen (secondary N) is 1. The molecule has 7 nitrogen and oxygen atoms in total. The maximum atomic E-state index is 12.7. The predicted molar refractivity (Wildman–Crippen MR) is 126 cm³/mol. The van der Waals surface area contributed by atoms with E-state index in [2.05, 4.69) is 21.7 Å². The average Bonchev–Trinajstić information content (AvgIpc) is 3.12. The summed E-state index contributed by atoms with van der Waals surface area (Å²) < 4.78 is 2.11. The minimum absolute atomic E-state index is 0.0466. The molecule has 2 heterocycles. The summed E-state index contributed by atoms with van der Waals surface area (Å²) >= 11 is 0. The van der Waals surface area contributed by atoms with E-state index in [0.29, 0.717) is 19.5 Å². The molecule has 2 aromatic carbocycles. The summed E-state index contributed by atoms with van der Waals surface area (Å²) in [6.07, 6.45) is 2.44. The van der Waals surface area contributed by atoms with Gasteiger partial charge in [-0.15, -0.1) is 0 Å². The van der Waals surface area contributed by atoms with Gasteiger partial charge in [0.2, 0.25) is 5.91 Å². The van der Waals surface area contributed by atoms with E-state index in [1.54, 1.807) is 0 Å². The van der Waals surface area contributed by atoms with Crippen molar-refractivity contribution in [3.8, 4) is 0 Å². The average molecular weight is 434 g/mol. The van der Waals surface area contributed by atoms with E-state index >= 15 is 0 Å². The predicted octanol–water partition coefficient (Wildman–Crippen LogP) is 3.66. The van der Waals surface area contributed by atoms with Crippen LogP contribution in [-0.2, 0) is 18.4 Å². The Morgan fingerprint density at radius 2 is 1.78 bits per heavy atom. The van der Waals surface area contributed by atoms with Crippen LogP contribution in [0.15, 0.2) is 48.5 Å². The highest BCUT2D eigenvalue weighted by atomic mass is 16.2. The number of aromatic nitrogens is 2. The summed E-state index contributed by atoms with van der Waals surface area (Å²) in [6.45, 7) is 5.88. The number of fused-ring (bicyclic) bond motifs is 1. The Hall–Kier alpha value is -3.19. The van der Waals surface area contributed by atoms with Gasteiger partial charge in [-0.05, 0) is 36.8 Å². The first-order valence-corrected chi connectivity index (χ1v) is 11.4. The van der Waals surface area contributed by atoms with Crippen LogP contribution in [0.3, 0.4) is 0 Å². The number of hydrogen-bond acceptors (Lipinski definition) is 4. The second kappa shape index (κ2) is 9.96. The number of carbonyl (C=O) groups excluding carboxylic acids is 2. The second-order valence-electron chi connectivity index (χ2n) is 8.38. The number of carbonyl (C=O) groups is 2. The van der Waals surface area contributed by atoms with E-state index in [-0.39, 0.29) is 11.8 Å². The fourth-order valence-electron chi connectivity index (χ4n) is 4.10. The molecular formula is C25H31N5O2. The van der Waals surface area contributed by atoms with Crippen molar-refractivity contribution in [3.63, 3.8) is 0 Å². The van der Waals surface area contributed by atoms with Crippen molar-refractivity contribution in [2.45, 2.75) is 32.7 Å². The second-order valence-corrected chi connectivity index (χ2v) is 8.38. The van der Waals surface area contributed by atoms with Gasteiger partial charge in [-0.2, -0.15) is 0 Å². The highest BCUT2D eigenvalue weighted by Crippen LogP contribution is 2.21. The normalized spacial score (nSPS) is 14.6. The molecule has 7 heteroatoms. The SMILES string of the molecule is CCCCC(=O)Nc1ccc2c(c1)nc(CN1CCN(C(=O)c3ccccc3)CC1)n2C. The molecule has 0 radical (unpaired) electrons. The van der Waals surface area contributed by atoms with Crippen molar-refractivity contribution in [2.24, 2.45) is 7.05 Å². The van der Waals surface area contributed by atoms with Crippen molar-refractivity contribution in [3.05, 3.63) is 59.9 Å². The van der Waals surface area contributed by atoms with E-state index in [1.807, 2.05) is 60.5 Å². The summed E-state index contributed by atoms with van der Waals surface area (Å²) in [5.41, 5.74) is 3.46. The van der Waals surface area contributed by atoms with Crippen LogP contribution in [-0.4, -0.2) is 57.3 Å². The number of imidazole rings is 1. The Balaban J connectivity index is 1.37. The first-order valence-electron chi connectivity index (χ1n) is 11.4. The van der Waals surface area contributed by atoms with Crippen molar-refractivity contribution in [1.82, 2.24) is 19.4 Å².